The third-order valence-electron chi connectivity index (χ3n) is 6.60. The number of halogens is 2. The summed E-state index contributed by atoms with van der Waals surface area (Å²) in [5.74, 6) is 0.676. The number of hydrogen-bond acceptors (Lipinski definition) is 7. The summed E-state index contributed by atoms with van der Waals surface area (Å²) < 4.78 is 20.5. The van der Waals surface area contributed by atoms with Gasteiger partial charge in [0.25, 0.3) is 5.56 Å². The second-order valence-corrected chi connectivity index (χ2v) is 11.8. The number of carbonyl (C=O) groups is 1. The van der Waals surface area contributed by atoms with Crippen LogP contribution in [0.15, 0.2) is 91.2 Å². The van der Waals surface area contributed by atoms with Crippen molar-refractivity contribution in [3.8, 4) is 11.5 Å². The topological polar surface area (TPSA) is 79.1 Å². The molecule has 0 fully saturated rings. The minimum Gasteiger partial charge on any atom is -0.496 e. The van der Waals surface area contributed by atoms with Gasteiger partial charge in [-0.05, 0) is 86.3 Å². The van der Waals surface area contributed by atoms with Crippen LogP contribution in [0.4, 0.5) is 0 Å². The van der Waals surface area contributed by atoms with Crippen molar-refractivity contribution in [3.05, 3.63) is 112 Å². The summed E-state index contributed by atoms with van der Waals surface area (Å²) in [5.41, 5.74) is 1.99. The number of methoxy groups -OCH3 is 1. The zero-order valence-electron chi connectivity index (χ0n) is 22.6. The fourth-order valence-corrected chi connectivity index (χ4v) is 7.39. The molecule has 10 heteroatoms. The number of allylic oxidation sites excluding steroid dienone is 1. The molecule has 210 valence electrons. The molecule has 0 unspecified atom stereocenters. The van der Waals surface area contributed by atoms with Gasteiger partial charge in [0.05, 0.1) is 38.5 Å². The molecule has 0 saturated carbocycles. The molecule has 1 atom stereocenters. The lowest BCUT2D eigenvalue weighted by Crippen LogP contribution is -2.40. The normalized spacial score (nSPS) is 15.0. The molecular formula is C31H26Br2N2O5S. The number of esters is 1. The number of benzene rings is 3. The molecular weight excluding hydrogens is 672 g/mol. The number of rotatable bonds is 8. The van der Waals surface area contributed by atoms with Crippen molar-refractivity contribution in [3.63, 3.8) is 0 Å². The van der Waals surface area contributed by atoms with Gasteiger partial charge in [0.2, 0.25) is 0 Å². The number of carbonyl (C=O) groups excluding carboxylic acids is 1. The Morgan fingerprint density at radius 3 is 2.59 bits per heavy atom. The van der Waals surface area contributed by atoms with Gasteiger partial charge in [-0.3, -0.25) is 9.36 Å². The van der Waals surface area contributed by atoms with Crippen molar-refractivity contribution in [2.45, 2.75) is 19.9 Å². The van der Waals surface area contributed by atoms with E-state index in [0.29, 0.717) is 44.3 Å². The molecule has 2 heterocycles. The average Bonchev–Trinajstić information content (AvgIpc) is 3.25. The van der Waals surface area contributed by atoms with Gasteiger partial charge in [-0.25, -0.2) is 9.79 Å². The van der Waals surface area contributed by atoms with Crippen LogP contribution in [-0.4, -0.2) is 30.9 Å². The number of hydrogen-bond donors (Lipinski definition) is 0. The van der Waals surface area contributed by atoms with E-state index in [1.54, 1.807) is 37.7 Å². The van der Waals surface area contributed by atoms with Crippen molar-refractivity contribution in [2.75, 3.05) is 20.3 Å². The van der Waals surface area contributed by atoms with E-state index >= 15 is 0 Å². The molecule has 0 saturated heterocycles. The first-order valence-corrected chi connectivity index (χ1v) is 15.2. The largest absolute Gasteiger partial charge is 0.496 e. The van der Waals surface area contributed by atoms with Crippen LogP contribution in [0.3, 0.4) is 0 Å². The van der Waals surface area contributed by atoms with Gasteiger partial charge in [-0.1, -0.05) is 54.3 Å². The number of thiazole rings is 1. The lowest BCUT2D eigenvalue weighted by atomic mass is 9.90. The Morgan fingerprint density at radius 1 is 1.17 bits per heavy atom. The van der Waals surface area contributed by atoms with Crippen LogP contribution in [0.2, 0.25) is 0 Å². The van der Waals surface area contributed by atoms with Crippen LogP contribution in [0.5, 0.6) is 11.5 Å². The van der Waals surface area contributed by atoms with Gasteiger partial charge in [-0.2, -0.15) is 0 Å². The Morgan fingerprint density at radius 2 is 1.90 bits per heavy atom. The molecule has 0 spiro atoms. The SMILES string of the molecule is C=CCOc1c(Br)cc(/C=c2/sc3n(c2=O)[C@H](c2c(OC)ccc4ccccc24)C(C(=O)OCC)=C(C)N=3)cc1Br. The summed E-state index contributed by atoms with van der Waals surface area (Å²) in [7, 11) is 1.58. The fraction of sp³-hybridized carbons (Fsp3) is 0.194. The highest BCUT2D eigenvalue weighted by Crippen LogP contribution is 2.40. The Balaban J connectivity index is 1.77. The zero-order chi connectivity index (χ0) is 29.3. The number of nitrogens with zero attached hydrogens (tertiary/aromatic N) is 2. The van der Waals surface area contributed by atoms with Gasteiger partial charge in [-0.15, -0.1) is 0 Å². The van der Waals surface area contributed by atoms with Gasteiger partial charge in [0.15, 0.2) is 4.80 Å². The zero-order valence-corrected chi connectivity index (χ0v) is 26.6. The van der Waals surface area contributed by atoms with E-state index in [2.05, 4.69) is 38.4 Å². The van der Waals surface area contributed by atoms with Crippen molar-refractivity contribution >= 4 is 66.0 Å². The average molecular weight is 698 g/mol. The van der Waals surface area contributed by atoms with E-state index in [4.69, 9.17) is 19.2 Å². The first-order chi connectivity index (χ1) is 19.8. The Hall–Kier alpha value is -3.47. The van der Waals surface area contributed by atoms with E-state index in [-0.39, 0.29) is 12.2 Å². The van der Waals surface area contributed by atoms with Crippen LogP contribution in [-0.2, 0) is 9.53 Å². The highest BCUT2D eigenvalue weighted by molar-refractivity contribution is 9.11. The van der Waals surface area contributed by atoms with Crippen molar-refractivity contribution in [2.24, 2.45) is 4.99 Å². The molecule has 5 rings (SSSR count). The summed E-state index contributed by atoms with van der Waals surface area (Å²) in [6.45, 7) is 7.76. The van der Waals surface area contributed by atoms with E-state index in [9.17, 15) is 9.59 Å². The van der Waals surface area contributed by atoms with Crippen LogP contribution in [0.1, 0.15) is 31.0 Å². The molecule has 1 aromatic heterocycles. The molecule has 4 aromatic rings. The Kier molecular flexibility index (Phi) is 8.63. The monoisotopic (exact) mass is 696 g/mol. The summed E-state index contributed by atoms with van der Waals surface area (Å²) in [4.78, 5) is 32.7. The second kappa shape index (κ2) is 12.2. The standard InChI is InChI=1S/C31H26Br2N2O5S/c1-5-13-40-28-21(32)14-18(15-22(28)33)16-24-29(36)35-27(25(30(37)39-6-2)17(3)34-31(35)41-24)26-20-10-8-7-9-19(20)11-12-23(26)38-4/h5,7-12,14-16,27H,1,6,13H2,2-4H3/b24-16+/t27-/m0/s1. The molecule has 1 aliphatic rings. The van der Waals surface area contributed by atoms with E-state index in [0.717, 1.165) is 25.3 Å². The van der Waals surface area contributed by atoms with Gasteiger partial charge in [0, 0.05) is 5.56 Å². The summed E-state index contributed by atoms with van der Waals surface area (Å²) in [6.07, 6.45) is 3.47. The maximum absolute atomic E-state index is 14.2. The molecule has 41 heavy (non-hydrogen) atoms. The minimum absolute atomic E-state index is 0.190. The number of ether oxygens (including phenoxy) is 3. The molecule has 1 aliphatic heterocycles. The third-order valence-corrected chi connectivity index (χ3v) is 8.77. The maximum atomic E-state index is 14.2. The predicted molar refractivity (Wildman–Crippen MR) is 168 cm³/mol. The van der Waals surface area contributed by atoms with Crippen LogP contribution in [0, 0.1) is 0 Å². The molecule has 0 bridgehead atoms. The first kappa shape index (κ1) is 29.0. The van der Waals surface area contributed by atoms with E-state index in [1.807, 2.05) is 48.5 Å². The molecule has 0 amide bonds. The van der Waals surface area contributed by atoms with Gasteiger partial charge < -0.3 is 14.2 Å². The van der Waals surface area contributed by atoms with Crippen molar-refractivity contribution in [1.29, 1.82) is 0 Å². The lowest BCUT2D eigenvalue weighted by Gasteiger charge is -2.27. The van der Waals surface area contributed by atoms with E-state index in [1.165, 1.54) is 11.3 Å². The van der Waals surface area contributed by atoms with Crippen LogP contribution >= 0.6 is 43.2 Å². The highest BCUT2D eigenvalue weighted by atomic mass is 79.9. The van der Waals surface area contributed by atoms with Crippen molar-refractivity contribution < 1.29 is 19.0 Å². The van der Waals surface area contributed by atoms with Crippen LogP contribution < -0.4 is 24.4 Å². The molecule has 0 N–H and O–H groups in total. The quantitative estimate of drug-likeness (QED) is 0.166. The number of aromatic nitrogens is 1. The molecule has 0 aliphatic carbocycles. The summed E-state index contributed by atoms with van der Waals surface area (Å²) in [5, 5.41) is 1.82. The van der Waals surface area contributed by atoms with E-state index < -0.39 is 12.0 Å². The molecule has 7 nitrogen and oxygen atoms in total. The van der Waals surface area contributed by atoms with Gasteiger partial charge >= 0.3 is 5.97 Å². The summed E-state index contributed by atoms with van der Waals surface area (Å²) >= 11 is 8.39. The van der Waals surface area contributed by atoms with Crippen molar-refractivity contribution in [1.82, 2.24) is 4.57 Å². The highest BCUT2D eigenvalue weighted by Gasteiger charge is 2.36. The molecule has 3 aromatic carbocycles. The summed E-state index contributed by atoms with van der Waals surface area (Å²) in [6, 6.07) is 14.6. The second-order valence-electron chi connectivity index (χ2n) is 9.12. The Bertz CT molecular complexity index is 1880. The first-order valence-electron chi connectivity index (χ1n) is 12.8. The predicted octanol–water partition coefficient (Wildman–Crippen LogP) is 6.05. The third kappa shape index (κ3) is 5.43. The fourth-order valence-electron chi connectivity index (χ4n) is 4.89. The minimum atomic E-state index is -0.804. The van der Waals surface area contributed by atoms with Crippen LogP contribution in [0.25, 0.3) is 16.8 Å². The maximum Gasteiger partial charge on any atom is 0.338 e. The lowest BCUT2D eigenvalue weighted by molar-refractivity contribution is -0.139. The van der Waals surface area contributed by atoms with Gasteiger partial charge in [0.1, 0.15) is 24.1 Å². The Labute approximate surface area is 257 Å². The molecule has 0 radical (unpaired) electrons. The smallest absolute Gasteiger partial charge is 0.338 e. The number of fused-ring (bicyclic) bond motifs is 2.